The number of pyridine rings is 1. The minimum absolute atomic E-state index is 0.0367. The SMILES string of the molecule is CCCOc1ccc(C(F)(F)F)cc1NC(=O)Cn1cc([N+](=O)[O-])ccc1=O. The summed E-state index contributed by atoms with van der Waals surface area (Å²) in [7, 11) is 0. The highest BCUT2D eigenvalue weighted by molar-refractivity contribution is 5.92. The van der Waals surface area contributed by atoms with Gasteiger partial charge in [0, 0.05) is 12.1 Å². The number of nitro groups is 1. The minimum Gasteiger partial charge on any atom is -0.491 e. The molecule has 1 aromatic carbocycles. The average molecular weight is 399 g/mol. The number of halogens is 3. The number of rotatable bonds is 7. The van der Waals surface area contributed by atoms with E-state index in [4.69, 9.17) is 4.74 Å². The highest BCUT2D eigenvalue weighted by Crippen LogP contribution is 2.35. The predicted octanol–water partition coefficient (Wildman–Crippen LogP) is 3.20. The zero-order valence-corrected chi connectivity index (χ0v) is 14.7. The molecule has 0 unspecified atom stereocenters. The molecular weight excluding hydrogens is 383 g/mol. The number of nitrogens with one attached hydrogen (secondary N) is 1. The van der Waals surface area contributed by atoms with E-state index in [1.165, 1.54) is 0 Å². The number of nitrogens with zero attached hydrogens (tertiary/aromatic N) is 2. The Morgan fingerprint density at radius 1 is 1.29 bits per heavy atom. The lowest BCUT2D eigenvalue weighted by Crippen LogP contribution is -2.27. The van der Waals surface area contributed by atoms with E-state index in [2.05, 4.69) is 5.32 Å². The summed E-state index contributed by atoms with van der Waals surface area (Å²) in [5, 5.41) is 13.0. The van der Waals surface area contributed by atoms with Gasteiger partial charge in [-0.25, -0.2) is 0 Å². The van der Waals surface area contributed by atoms with Gasteiger partial charge in [-0.3, -0.25) is 24.3 Å². The van der Waals surface area contributed by atoms with Gasteiger partial charge < -0.3 is 10.1 Å². The Balaban J connectivity index is 2.28. The number of anilines is 1. The van der Waals surface area contributed by atoms with Crippen LogP contribution in [0.2, 0.25) is 0 Å². The van der Waals surface area contributed by atoms with Crippen LogP contribution in [0.25, 0.3) is 0 Å². The number of carbonyl (C=O) groups is 1. The van der Waals surface area contributed by atoms with E-state index in [-0.39, 0.29) is 18.0 Å². The molecule has 0 radical (unpaired) electrons. The van der Waals surface area contributed by atoms with E-state index in [1.807, 2.05) is 0 Å². The van der Waals surface area contributed by atoms with Crippen LogP contribution in [0.15, 0.2) is 41.3 Å². The Bertz CT molecular complexity index is 940. The largest absolute Gasteiger partial charge is 0.491 e. The van der Waals surface area contributed by atoms with Crippen LogP contribution in [0.5, 0.6) is 5.75 Å². The first kappa shape index (κ1) is 20.9. The molecule has 0 fully saturated rings. The highest BCUT2D eigenvalue weighted by Gasteiger charge is 2.31. The first-order valence-electron chi connectivity index (χ1n) is 8.10. The van der Waals surface area contributed by atoms with Crippen molar-refractivity contribution in [2.24, 2.45) is 0 Å². The molecule has 1 heterocycles. The van der Waals surface area contributed by atoms with Crippen molar-refractivity contribution in [1.82, 2.24) is 4.57 Å². The molecule has 11 heteroatoms. The Labute approximate surface area is 156 Å². The van der Waals surface area contributed by atoms with E-state index in [1.54, 1.807) is 6.92 Å². The standard InChI is InChI=1S/C17H16F3N3O5/c1-2-7-28-14-5-3-11(17(18,19)20)8-13(14)21-15(24)10-22-9-12(23(26)27)4-6-16(22)25/h3-6,8-9H,2,7,10H2,1H3,(H,21,24). The van der Waals surface area contributed by atoms with Gasteiger partial charge >= 0.3 is 6.18 Å². The van der Waals surface area contributed by atoms with Crippen molar-refractivity contribution in [3.63, 3.8) is 0 Å². The topological polar surface area (TPSA) is 103 Å². The minimum atomic E-state index is -4.63. The average Bonchev–Trinajstić information content (AvgIpc) is 2.61. The van der Waals surface area contributed by atoms with Crippen molar-refractivity contribution in [2.45, 2.75) is 26.1 Å². The van der Waals surface area contributed by atoms with Crippen LogP contribution in [0.3, 0.4) is 0 Å². The number of carbonyl (C=O) groups excluding carboxylic acids is 1. The zero-order valence-electron chi connectivity index (χ0n) is 14.7. The summed E-state index contributed by atoms with van der Waals surface area (Å²) in [6, 6.07) is 4.55. The van der Waals surface area contributed by atoms with Gasteiger partial charge in [-0.05, 0) is 24.6 Å². The first-order chi connectivity index (χ1) is 13.1. The maximum Gasteiger partial charge on any atom is 0.416 e. The molecule has 8 nitrogen and oxygen atoms in total. The van der Waals surface area contributed by atoms with Crippen LogP contribution < -0.4 is 15.6 Å². The third-order valence-electron chi connectivity index (χ3n) is 3.54. The van der Waals surface area contributed by atoms with Gasteiger partial charge in [0.2, 0.25) is 5.91 Å². The molecular formula is C17H16F3N3O5. The molecule has 0 spiro atoms. The highest BCUT2D eigenvalue weighted by atomic mass is 19.4. The number of benzene rings is 1. The molecule has 0 bridgehead atoms. The molecule has 1 aromatic heterocycles. The Morgan fingerprint density at radius 2 is 2.00 bits per heavy atom. The fraction of sp³-hybridized carbons (Fsp3) is 0.294. The van der Waals surface area contributed by atoms with Crippen molar-refractivity contribution in [1.29, 1.82) is 0 Å². The number of hydrogen-bond donors (Lipinski definition) is 1. The molecule has 28 heavy (non-hydrogen) atoms. The molecule has 1 amide bonds. The van der Waals surface area contributed by atoms with Crippen molar-refractivity contribution >= 4 is 17.3 Å². The summed E-state index contributed by atoms with van der Waals surface area (Å²) >= 11 is 0. The van der Waals surface area contributed by atoms with Gasteiger partial charge in [0.25, 0.3) is 11.2 Å². The molecule has 2 aromatic rings. The molecule has 1 N–H and O–H groups in total. The van der Waals surface area contributed by atoms with E-state index < -0.39 is 40.4 Å². The maximum atomic E-state index is 12.9. The maximum absolute atomic E-state index is 12.9. The monoisotopic (exact) mass is 399 g/mol. The van der Waals surface area contributed by atoms with Crippen LogP contribution >= 0.6 is 0 Å². The summed E-state index contributed by atoms with van der Waals surface area (Å²) in [6.45, 7) is 1.40. The lowest BCUT2D eigenvalue weighted by molar-refractivity contribution is -0.385. The number of hydrogen-bond acceptors (Lipinski definition) is 5. The van der Waals surface area contributed by atoms with Crippen molar-refractivity contribution in [3.8, 4) is 5.75 Å². The number of ether oxygens (including phenoxy) is 1. The van der Waals surface area contributed by atoms with E-state index in [9.17, 15) is 32.9 Å². The first-order valence-corrected chi connectivity index (χ1v) is 8.10. The zero-order chi connectivity index (χ0) is 20.9. The van der Waals surface area contributed by atoms with E-state index in [0.29, 0.717) is 6.42 Å². The van der Waals surface area contributed by atoms with Gasteiger partial charge in [-0.2, -0.15) is 13.2 Å². The molecule has 0 saturated heterocycles. The Morgan fingerprint density at radius 3 is 2.61 bits per heavy atom. The fourth-order valence-corrected chi connectivity index (χ4v) is 2.24. The molecule has 0 aliphatic rings. The number of alkyl halides is 3. The third-order valence-corrected chi connectivity index (χ3v) is 3.54. The third kappa shape index (κ3) is 5.32. The normalized spacial score (nSPS) is 11.1. The lowest BCUT2D eigenvalue weighted by Gasteiger charge is -2.15. The molecule has 0 saturated carbocycles. The lowest BCUT2D eigenvalue weighted by atomic mass is 10.1. The van der Waals surface area contributed by atoms with Gasteiger partial charge in [0.1, 0.15) is 12.3 Å². The van der Waals surface area contributed by atoms with Crippen molar-refractivity contribution in [2.75, 3.05) is 11.9 Å². The van der Waals surface area contributed by atoms with Gasteiger partial charge in [-0.1, -0.05) is 6.92 Å². The molecule has 0 atom stereocenters. The second-order valence-corrected chi connectivity index (χ2v) is 5.72. The van der Waals surface area contributed by atoms with E-state index in [0.717, 1.165) is 41.1 Å². The second-order valence-electron chi connectivity index (χ2n) is 5.72. The van der Waals surface area contributed by atoms with Crippen LogP contribution in [0, 0.1) is 10.1 Å². The molecule has 0 aliphatic carbocycles. The van der Waals surface area contributed by atoms with E-state index >= 15 is 0 Å². The summed E-state index contributed by atoms with van der Waals surface area (Å²) in [5.74, 6) is -0.808. The molecule has 0 aliphatic heterocycles. The Hall–Kier alpha value is -3.37. The summed E-state index contributed by atoms with van der Waals surface area (Å²) < 4.78 is 45.0. The second kappa shape index (κ2) is 8.55. The van der Waals surface area contributed by atoms with Crippen molar-refractivity contribution in [3.05, 3.63) is 62.6 Å². The van der Waals surface area contributed by atoms with Gasteiger partial charge in [0.05, 0.1) is 29.0 Å². The summed E-state index contributed by atoms with van der Waals surface area (Å²) in [6.07, 6.45) is -3.15. The fourth-order valence-electron chi connectivity index (χ4n) is 2.24. The quantitative estimate of drug-likeness (QED) is 0.569. The summed E-state index contributed by atoms with van der Waals surface area (Å²) in [4.78, 5) is 34.0. The van der Waals surface area contributed by atoms with Crippen LogP contribution in [0.4, 0.5) is 24.5 Å². The molecule has 150 valence electrons. The Kier molecular flexibility index (Phi) is 6.39. The van der Waals surface area contributed by atoms with Gasteiger partial charge in [0.15, 0.2) is 0 Å². The molecule has 2 rings (SSSR count). The number of amides is 1. The van der Waals surface area contributed by atoms with Crippen LogP contribution in [-0.2, 0) is 17.5 Å². The predicted molar refractivity (Wildman–Crippen MR) is 93.2 cm³/mol. The van der Waals surface area contributed by atoms with Crippen LogP contribution in [0.1, 0.15) is 18.9 Å². The van der Waals surface area contributed by atoms with Crippen LogP contribution in [-0.4, -0.2) is 22.0 Å². The smallest absolute Gasteiger partial charge is 0.416 e. The number of aromatic nitrogens is 1. The van der Waals surface area contributed by atoms with Gasteiger partial charge in [-0.15, -0.1) is 0 Å². The summed E-state index contributed by atoms with van der Waals surface area (Å²) in [5.41, 5.74) is -2.28. The van der Waals surface area contributed by atoms with Crippen molar-refractivity contribution < 1.29 is 27.6 Å².